The fraction of sp³-hybridized carbons (Fsp3) is 0.524. The molecule has 0 aliphatic heterocycles. The lowest BCUT2D eigenvalue weighted by atomic mass is 9.89. The van der Waals surface area contributed by atoms with Gasteiger partial charge in [-0.25, -0.2) is 0 Å². The van der Waals surface area contributed by atoms with Gasteiger partial charge in [0.15, 0.2) is 0 Å². The molecular weight excluding hydrogens is 357 g/mol. The summed E-state index contributed by atoms with van der Waals surface area (Å²) >= 11 is 0. The number of alkyl halides is 3. The van der Waals surface area contributed by atoms with Gasteiger partial charge < -0.3 is 5.11 Å². The van der Waals surface area contributed by atoms with Crippen molar-refractivity contribution in [1.29, 1.82) is 0 Å². The number of carboxylic acids is 1. The molecule has 1 fully saturated rings. The zero-order valence-corrected chi connectivity index (χ0v) is 15.2. The maximum absolute atomic E-state index is 12.8. The normalized spacial score (nSPS) is 20.5. The van der Waals surface area contributed by atoms with Crippen molar-refractivity contribution in [3.63, 3.8) is 0 Å². The van der Waals surface area contributed by atoms with Gasteiger partial charge in [-0.05, 0) is 42.9 Å². The third kappa shape index (κ3) is 6.85. The first-order chi connectivity index (χ1) is 12.8. The van der Waals surface area contributed by atoms with Crippen molar-refractivity contribution in [2.45, 2.75) is 57.5 Å². The van der Waals surface area contributed by atoms with Crippen LogP contribution in [0.15, 0.2) is 30.3 Å². The molecule has 27 heavy (non-hydrogen) atoms. The number of ketones is 1. The molecule has 148 valence electrons. The molecule has 3 nitrogen and oxygen atoms in total. The molecule has 6 heteroatoms. The van der Waals surface area contributed by atoms with Crippen LogP contribution in [0.2, 0.25) is 0 Å². The minimum absolute atomic E-state index is 0.0612. The van der Waals surface area contributed by atoms with Crippen LogP contribution in [0.4, 0.5) is 13.2 Å². The lowest BCUT2D eigenvalue weighted by Gasteiger charge is -2.15. The number of carboxylic acid groups (broad SMARTS) is 1. The summed E-state index contributed by atoms with van der Waals surface area (Å²) in [5.74, 6) is -0.586. The smallest absolute Gasteiger partial charge is 0.416 e. The molecule has 2 atom stereocenters. The monoisotopic (exact) mass is 382 g/mol. The van der Waals surface area contributed by atoms with E-state index in [4.69, 9.17) is 5.11 Å². The molecule has 1 aliphatic rings. The Kier molecular flexibility index (Phi) is 7.63. The van der Waals surface area contributed by atoms with E-state index >= 15 is 0 Å². The number of carbonyl (C=O) groups is 2. The van der Waals surface area contributed by atoms with Gasteiger partial charge in [-0.3, -0.25) is 9.59 Å². The maximum atomic E-state index is 12.8. The molecule has 0 heterocycles. The molecule has 1 aromatic rings. The van der Waals surface area contributed by atoms with Crippen LogP contribution in [0.5, 0.6) is 0 Å². The third-order valence-electron chi connectivity index (χ3n) is 5.06. The number of Topliss-reactive ketones (excluding diaryl/α,β-unsaturated/α-hetero) is 1. The van der Waals surface area contributed by atoms with Gasteiger partial charge in [0, 0.05) is 18.8 Å². The van der Waals surface area contributed by atoms with Crippen molar-refractivity contribution >= 4 is 17.8 Å². The van der Waals surface area contributed by atoms with E-state index in [0.717, 1.165) is 44.2 Å². The van der Waals surface area contributed by atoms with Crippen molar-refractivity contribution in [3.05, 3.63) is 41.5 Å². The van der Waals surface area contributed by atoms with Crippen LogP contribution in [0, 0.1) is 11.8 Å². The zero-order valence-electron chi connectivity index (χ0n) is 15.2. The number of aliphatic carboxylic acids is 1. The number of rotatable bonds is 9. The molecule has 0 saturated heterocycles. The van der Waals surface area contributed by atoms with E-state index in [0.29, 0.717) is 18.4 Å². The standard InChI is InChI=1S/C21H25F3O3/c22-21(23,24)17-7-5-6-15(14-17)10-11-16-12-13-19(25)18(16)8-3-1-2-4-9-20(26)27/h5-7,10-11,14,16,18H,1-4,8-9,12-13H2,(H,26,27)/b11-10+. The second-order valence-electron chi connectivity index (χ2n) is 7.10. The van der Waals surface area contributed by atoms with E-state index in [-0.39, 0.29) is 24.0 Å². The van der Waals surface area contributed by atoms with Crippen molar-refractivity contribution in [3.8, 4) is 0 Å². The Bertz CT molecular complexity index is 679. The SMILES string of the molecule is O=C(O)CCCCCCC1C(=O)CCC1/C=C/c1cccc(C(F)(F)F)c1. The van der Waals surface area contributed by atoms with Gasteiger partial charge in [0.25, 0.3) is 0 Å². The van der Waals surface area contributed by atoms with Crippen LogP contribution in [0.3, 0.4) is 0 Å². The average Bonchev–Trinajstić information content (AvgIpc) is 2.95. The number of hydrogen-bond acceptors (Lipinski definition) is 2. The Morgan fingerprint density at radius 3 is 2.63 bits per heavy atom. The summed E-state index contributed by atoms with van der Waals surface area (Å²) in [5.41, 5.74) is -0.193. The summed E-state index contributed by atoms with van der Waals surface area (Å²) in [4.78, 5) is 22.6. The summed E-state index contributed by atoms with van der Waals surface area (Å²) in [6.07, 6.45) is 4.59. The lowest BCUT2D eigenvalue weighted by molar-refractivity contribution is -0.138. The van der Waals surface area contributed by atoms with Gasteiger partial charge in [0.05, 0.1) is 5.56 Å². The highest BCUT2D eigenvalue weighted by molar-refractivity contribution is 5.84. The highest BCUT2D eigenvalue weighted by Gasteiger charge is 2.32. The summed E-state index contributed by atoms with van der Waals surface area (Å²) < 4.78 is 38.4. The number of benzene rings is 1. The Labute approximate surface area is 157 Å². The molecule has 1 aliphatic carbocycles. The van der Waals surface area contributed by atoms with E-state index in [1.807, 2.05) is 6.08 Å². The van der Waals surface area contributed by atoms with Gasteiger partial charge in [-0.2, -0.15) is 13.2 Å². The largest absolute Gasteiger partial charge is 0.481 e. The van der Waals surface area contributed by atoms with E-state index in [1.54, 1.807) is 12.1 Å². The first-order valence-electron chi connectivity index (χ1n) is 9.37. The van der Waals surface area contributed by atoms with Crippen molar-refractivity contribution in [1.82, 2.24) is 0 Å². The molecule has 2 unspecified atom stereocenters. The molecule has 1 aromatic carbocycles. The summed E-state index contributed by atoms with van der Waals surface area (Å²) in [7, 11) is 0. The van der Waals surface area contributed by atoms with Gasteiger partial charge in [0.1, 0.15) is 5.78 Å². The quantitative estimate of drug-likeness (QED) is 0.554. The van der Waals surface area contributed by atoms with Gasteiger partial charge in [0.2, 0.25) is 0 Å². The minimum atomic E-state index is -4.36. The van der Waals surface area contributed by atoms with Crippen molar-refractivity contribution in [2.75, 3.05) is 0 Å². The Morgan fingerprint density at radius 1 is 1.19 bits per heavy atom. The molecule has 1 saturated carbocycles. The highest BCUT2D eigenvalue weighted by Crippen LogP contribution is 2.35. The van der Waals surface area contributed by atoms with Crippen molar-refractivity contribution in [2.24, 2.45) is 11.8 Å². The minimum Gasteiger partial charge on any atom is -0.481 e. The van der Waals surface area contributed by atoms with Gasteiger partial charge in [-0.1, -0.05) is 43.5 Å². The van der Waals surface area contributed by atoms with Crippen LogP contribution in [0.25, 0.3) is 6.08 Å². The molecule has 0 aromatic heterocycles. The van der Waals surface area contributed by atoms with Gasteiger partial charge >= 0.3 is 12.1 Å². The maximum Gasteiger partial charge on any atom is 0.416 e. The van der Waals surface area contributed by atoms with Crippen LogP contribution < -0.4 is 0 Å². The van der Waals surface area contributed by atoms with Crippen LogP contribution in [-0.2, 0) is 15.8 Å². The molecule has 0 spiro atoms. The van der Waals surface area contributed by atoms with E-state index in [9.17, 15) is 22.8 Å². The molecule has 0 bridgehead atoms. The van der Waals surface area contributed by atoms with Crippen LogP contribution in [-0.4, -0.2) is 16.9 Å². The van der Waals surface area contributed by atoms with Crippen LogP contribution >= 0.6 is 0 Å². The predicted molar refractivity (Wildman–Crippen MR) is 97.0 cm³/mol. The zero-order chi connectivity index (χ0) is 19.9. The third-order valence-corrected chi connectivity index (χ3v) is 5.06. The van der Waals surface area contributed by atoms with Gasteiger partial charge in [-0.15, -0.1) is 0 Å². The second-order valence-corrected chi connectivity index (χ2v) is 7.10. The molecule has 1 N–H and O–H groups in total. The van der Waals surface area contributed by atoms with Crippen LogP contribution in [0.1, 0.15) is 62.5 Å². The predicted octanol–water partition coefficient (Wildman–Crippen LogP) is 5.74. The molecule has 0 radical (unpaired) electrons. The average molecular weight is 382 g/mol. The number of unbranched alkanes of at least 4 members (excludes halogenated alkanes) is 3. The molecule has 0 amide bonds. The summed E-state index contributed by atoms with van der Waals surface area (Å²) in [6, 6.07) is 5.17. The first-order valence-corrected chi connectivity index (χ1v) is 9.37. The fourth-order valence-corrected chi connectivity index (χ4v) is 3.59. The fourth-order valence-electron chi connectivity index (χ4n) is 3.59. The Balaban J connectivity index is 1.88. The number of carbonyl (C=O) groups excluding carboxylic acids is 1. The number of halogens is 3. The first kappa shape index (κ1) is 21.2. The van der Waals surface area contributed by atoms with E-state index in [2.05, 4.69) is 0 Å². The lowest BCUT2D eigenvalue weighted by Crippen LogP contribution is -2.13. The Hall–Kier alpha value is -2.11. The number of allylic oxidation sites excluding steroid dienone is 1. The topological polar surface area (TPSA) is 54.4 Å². The molecular formula is C21H25F3O3. The van der Waals surface area contributed by atoms with Crippen molar-refractivity contribution < 1.29 is 27.9 Å². The molecule has 2 rings (SSSR count). The van der Waals surface area contributed by atoms with E-state index < -0.39 is 17.7 Å². The van der Waals surface area contributed by atoms with E-state index in [1.165, 1.54) is 6.07 Å². The highest BCUT2D eigenvalue weighted by atomic mass is 19.4. The summed E-state index contributed by atoms with van der Waals surface area (Å²) in [6.45, 7) is 0. The Morgan fingerprint density at radius 2 is 1.93 bits per heavy atom. The summed E-state index contributed by atoms with van der Waals surface area (Å²) in [5, 5.41) is 8.61. The number of hydrogen-bond donors (Lipinski definition) is 1. The second kappa shape index (κ2) is 9.72.